The van der Waals surface area contributed by atoms with Gasteiger partial charge >= 0.3 is 0 Å². The molecule has 0 amide bonds. The molecule has 0 spiro atoms. The van der Waals surface area contributed by atoms with Crippen LogP contribution in [-0.2, 0) is 14.6 Å². The van der Waals surface area contributed by atoms with Gasteiger partial charge in [0.1, 0.15) is 5.41 Å². The lowest BCUT2D eigenvalue weighted by atomic mass is 10.0. The maximum atomic E-state index is 12.5. The third-order valence-electron chi connectivity index (χ3n) is 4.55. The van der Waals surface area contributed by atoms with Gasteiger partial charge in [-0.3, -0.25) is 0 Å². The third-order valence-corrected chi connectivity index (χ3v) is 6.83. The van der Waals surface area contributed by atoms with Crippen molar-refractivity contribution in [2.24, 2.45) is 5.41 Å². The molecule has 0 bridgehead atoms. The van der Waals surface area contributed by atoms with Crippen molar-refractivity contribution in [1.82, 2.24) is 0 Å². The molecular weight excluding hydrogens is 318 g/mol. The normalized spacial score (nSPS) is 28.4. The minimum absolute atomic E-state index is 0.00821. The number of fused-ring (bicyclic) bond motifs is 1. The summed E-state index contributed by atoms with van der Waals surface area (Å²) in [5, 5.41) is 8.95. The van der Waals surface area contributed by atoms with Crippen molar-refractivity contribution in [1.29, 1.82) is 5.26 Å². The van der Waals surface area contributed by atoms with Crippen LogP contribution in [0.15, 0.2) is 18.2 Å². The van der Waals surface area contributed by atoms with Crippen LogP contribution in [0.3, 0.4) is 0 Å². The van der Waals surface area contributed by atoms with Crippen LogP contribution in [0.25, 0.3) is 0 Å². The van der Waals surface area contributed by atoms with E-state index in [-0.39, 0.29) is 19.2 Å². The SMILES string of the molecule is CCOC[C@@]1(C#N)[C@H](c2ccc3c(c2)OCO3)[C@@H]1S(=O)(=O)CC. The van der Waals surface area contributed by atoms with Gasteiger partial charge in [-0.15, -0.1) is 0 Å². The van der Waals surface area contributed by atoms with E-state index in [0.29, 0.717) is 18.1 Å². The van der Waals surface area contributed by atoms with Crippen molar-refractivity contribution in [2.45, 2.75) is 25.0 Å². The van der Waals surface area contributed by atoms with Crippen LogP contribution in [0.5, 0.6) is 11.5 Å². The Morgan fingerprint density at radius 2 is 2.09 bits per heavy atom. The van der Waals surface area contributed by atoms with E-state index in [9.17, 15) is 13.7 Å². The molecule has 0 unspecified atom stereocenters. The van der Waals surface area contributed by atoms with Gasteiger partial charge in [-0.25, -0.2) is 8.42 Å². The van der Waals surface area contributed by atoms with Crippen LogP contribution in [0.2, 0.25) is 0 Å². The first kappa shape index (κ1) is 16.1. The Balaban J connectivity index is 2.00. The highest BCUT2D eigenvalue weighted by atomic mass is 32.2. The Morgan fingerprint density at radius 1 is 1.35 bits per heavy atom. The van der Waals surface area contributed by atoms with Crippen molar-refractivity contribution in [2.75, 3.05) is 25.8 Å². The monoisotopic (exact) mass is 337 g/mol. The van der Waals surface area contributed by atoms with Crippen LogP contribution in [-0.4, -0.2) is 39.4 Å². The molecule has 1 aromatic rings. The Morgan fingerprint density at radius 3 is 2.74 bits per heavy atom. The molecule has 1 saturated carbocycles. The minimum Gasteiger partial charge on any atom is -0.454 e. The number of ether oxygens (including phenoxy) is 3. The number of nitrogens with zero attached hydrogens (tertiary/aromatic N) is 1. The number of sulfone groups is 1. The second kappa shape index (κ2) is 5.69. The second-order valence-corrected chi connectivity index (χ2v) is 8.16. The molecule has 124 valence electrons. The molecule has 0 radical (unpaired) electrons. The molecule has 7 heteroatoms. The molecule has 6 nitrogen and oxygen atoms in total. The maximum Gasteiger partial charge on any atom is 0.231 e. The van der Waals surface area contributed by atoms with E-state index < -0.39 is 26.4 Å². The molecule has 23 heavy (non-hydrogen) atoms. The lowest BCUT2D eigenvalue weighted by molar-refractivity contribution is 0.117. The average molecular weight is 337 g/mol. The van der Waals surface area contributed by atoms with Crippen LogP contribution < -0.4 is 9.47 Å². The van der Waals surface area contributed by atoms with Gasteiger partial charge in [0.05, 0.1) is 17.9 Å². The summed E-state index contributed by atoms with van der Waals surface area (Å²) in [5.74, 6) is 0.828. The van der Waals surface area contributed by atoms with Gasteiger partial charge in [0, 0.05) is 18.3 Å². The van der Waals surface area contributed by atoms with E-state index in [2.05, 4.69) is 6.07 Å². The van der Waals surface area contributed by atoms with Crippen molar-refractivity contribution in [3.8, 4) is 17.6 Å². The summed E-state index contributed by atoms with van der Waals surface area (Å²) in [4.78, 5) is 0. The molecule has 3 rings (SSSR count). The molecule has 2 aliphatic rings. The molecule has 1 aliphatic carbocycles. The molecule has 1 heterocycles. The zero-order valence-electron chi connectivity index (χ0n) is 13.1. The van der Waals surface area contributed by atoms with Crippen LogP contribution in [0.4, 0.5) is 0 Å². The predicted molar refractivity (Wildman–Crippen MR) is 83.1 cm³/mol. The highest BCUT2D eigenvalue weighted by Gasteiger charge is 2.71. The zero-order chi connectivity index (χ0) is 16.7. The van der Waals surface area contributed by atoms with Crippen molar-refractivity contribution < 1.29 is 22.6 Å². The van der Waals surface area contributed by atoms with Gasteiger partial charge < -0.3 is 14.2 Å². The van der Waals surface area contributed by atoms with E-state index in [4.69, 9.17) is 14.2 Å². The average Bonchev–Trinajstić information content (AvgIpc) is 3.01. The lowest BCUT2D eigenvalue weighted by Gasteiger charge is -2.09. The third kappa shape index (κ3) is 2.46. The summed E-state index contributed by atoms with van der Waals surface area (Å²) >= 11 is 0. The Kier molecular flexibility index (Phi) is 3.98. The van der Waals surface area contributed by atoms with E-state index >= 15 is 0 Å². The van der Waals surface area contributed by atoms with E-state index in [1.807, 2.05) is 6.92 Å². The Bertz CT molecular complexity index is 754. The van der Waals surface area contributed by atoms with Gasteiger partial charge in [-0.2, -0.15) is 5.26 Å². The molecule has 0 N–H and O–H groups in total. The van der Waals surface area contributed by atoms with E-state index in [1.54, 1.807) is 25.1 Å². The Labute approximate surface area is 135 Å². The van der Waals surface area contributed by atoms with E-state index in [0.717, 1.165) is 5.56 Å². The molecule has 0 saturated heterocycles. The summed E-state index contributed by atoms with van der Waals surface area (Å²) in [6, 6.07) is 7.56. The number of rotatable bonds is 6. The number of hydrogen-bond acceptors (Lipinski definition) is 6. The van der Waals surface area contributed by atoms with Crippen molar-refractivity contribution >= 4 is 9.84 Å². The van der Waals surface area contributed by atoms with Crippen molar-refractivity contribution in [3.05, 3.63) is 23.8 Å². The zero-order valence-corrected chi connectivity index (χ0v) is 13.9. The van der Waals surface area contributed by atoms with Gasteiger partial charge in [0.2, 0.25) is 6.79 Å². The fourth-order valence-electron chi connectivity index (χ4n) is 3.30. The van der Waals surface area contributed by atoms with Gasteiger partial charge in [0.25, 0.3) is 0 Å². The molecule has 1 fully saturated rings. The molecular formula is C16H19NO5S. The standard InChI is InChI=1S/C16H19NO5S/c1-3-20-9-16(8-17)14(15(16)23(18,19)4-2)11-5-6-12-13(7-11)22-10-21-12/h5-7,14-15H,3-4,9-10H2,1-2H3/t14-,15+,16+/m1/s1. The fraction of sp³-hybridized carbons (Fsp3) is 0.562. The largest absolute Gasteiger partial charge is 0.454 e. The number of nitriles is 1. The highest BCUT2D eigenvalue weighted by molar-refractivity contribution is 7.92. The first-order valence-electron chi connectivity index (χ1n) is 7.60. The molecule has 0 aromatic heterocycles. The van der Waals surface area contributed by atoms with Crippen molar-refractivity contribution in [3.63, 3.8) is 0 Å². The van der Waals surface area contributed by atoms with Gasteiger partial charge in [-0.05, 0) is 24.6 Å². The summed E-state index contributed by atoms with van der Waals surface area (Å²) in [7, 11) is -3.36. The van der Waals surface area contributed by atoms with Crippen LogP contribution in [0.1, 0.15) is 25.3 Å². The second-order valence-electron chi connectivity index (χ2n) is 5.75. The number of benzene rings is 1. The first-order chi connectivity index (χ1) is 11.0. The molecule has 3 atom stereocenters. The fourth-order valence-corrected chi connectivity index (χ4v) is 5.30. The molecule has 1 aromatic carbocycles. The first-order valence-corrected chi connectivity index (χ1v) is 9.31. The highest BCUT2D eigenvalue weighted by Crippen LogP contribution is 2.63. The van der Waals surface area contributed by atoms with Crippen LogP contribution >= 0.6 is 0 Å². The number of hydrogen-bond donors (Lipinski definition) is 0. The quantitative estimate of drug-likeness (QED) is 0.787. The Hall–Kier alpha value is -1.78. The minimum atomic E-state index is -3.36. The maximum absolute atomic E-state index is 12.5. The topological polar surface area (TPSA) is 85.6 Å². The van der Waals surface area contributed by atoms with E-state index in [1.165, 1.54) is 0 Å². The van der Waals surface area contributed by atoms with Gasteiger partial charge in [0.15, 0.2) is 21.3 Å². The lowest BCUT2D eigenvalue weighted by Crippen LogP contribution is -2.20. The summed E-state index contributed by atoms with van der Waals surface area (Å²) in [6.07, 6.45) is 0. The van der Waals surface area contributed by atoms with Gasteiger partial charge in [-0.1, -0.05) is 13.0 Å². The smallest absolute Gasteiger partial charge is 0.231 e. The summed E-state index contributed by atoms with van der Waals surface area (Å²) in [6.45, 7) is 4.14. The molecule has 1 aliphatic heterocycles. The van der Waals surface area contributed by atoms with Crippen LogP contribution in [0, 0.1) is 16.7 Å². The summed E-state index contributed by atoms with van der Waals surface area (Å²) < 4.78 is 41.0. The predicted octanol–water partition coefficient (Wildman–Crippen LogP) is 1.86. The summed E-state index contributed by atoms with van der Waals surface area (Å²) in [5.41, 5.74) is -0.254.